The molecule has 0 aliphatic carbocycles. The van der Waals surface area contributed by atoms with Gasteiger partial charge >= 0.3 is 17.9 Å². The van der Waals surface area contributed by atoms with E-state index in [0.717, 1.165) is 44.9 Å². The summed E-state index contributed by atoms with van der Waals surface area (Å²) >= 11 is 0. The van der Waals surface area contributed by atoms with Gasteiger partial charge < -0.3 is 28.5 Å². The summed E-state index contributed by atoms with van der Waals surface area (Å²) in [5, 5.41) is 9.74. The van der Waals surface area contributed by atoms with E-state index in [2.05, 4.69) is 50.3 Å². The normalized spacial score (nSPS) is 12.9. The molecule has 0 spiro atoms. The fourth-order valence-corrected chi connectivity index (χ4v) is 10.1. The lowest BCUT2D eigenvalue weighted by Gasteiger charge is -2.25. The molecule has 0 aliphatic rings. The van der Waals surface area contributed by atoms with E-state index >= 15 is 0 Å². The summed E-state index contributed by atoms with van der Waals surface area (Å²) in [7, 11) is 5.99. The molecule has 0 aliphatic heterocycles. The highest BCUT2D eigenvalue weighted by molar-refractivity contribution is 5.71. The Morgan fingerprint density at radius 3 is 1.01 bits per heavy atom. The molecule has 9 nitrogen and oxygen atoms in total. The lowest BCUT2D eigenvalue weighted by Crippen LogP contribution is -2.40. The van der Waals surface area contributed by atoms with Gasteiger partial charge in [-0.15, -0.1) is 0 Å². The monoisotopic (exact) mass is 1110 g/mol. The standard InChI is InChI=1S/C70H131NO8/c1-6-8-10-12-14-16-18-20-22-24-26-28-30-32-33-34-35-37-38-40-42-44-46-48-50-52-54-56-58-60-67(72)77-64-66(65-78-70(69(74)75)76-63-62-71(3,4)5)79-68(73)61-59-57-55-53-51-49-47-45-43-41-39-36-31-29-27-25-23-21-19-17-15-13-11-9-7-2/h19,21,24-27,66,70H,6-18,20,22-23,28-65H2,1-5H3/p+1/b21-19-,26-24-,27-25-. The Labute approximate surface area is 490 Å². The van der Waals surface area contributed by atoms with Gasteiger partial charge in [0.1, 0.15) is 13.2 Å². The third-order valence-corrected chi connectivity index (χ3v) is 15.4. The summed E-state index contributed by atoms with van der Waals surface area (Å²) in [5.41, 5.74) is 0. The van der Waals surface area contributed by atoms with Crippen LogP contribution in [0.5, 0.6) is 0 Å². The van der Waals surface area contributed by atoms with Crippen molar-refractivity contribution in [3.8, 4) is 0 Å². The molecule has 0 amide bonds. The second-order valence-electron chi connectivity index (χ2n) is 24.5. The van der Waals surface area contributed by atoms with Gasteiger partial charge in [-0.3, -0.25) is 9.59 Å². The number of aliphatic carboxylic acids is 1. The third kappa shape index (κ3) is 63.0. The van der Waals surface area contributed by atoms with Gasteiger partial charge in [-0.25, -0.2) is 4.79 Å². The molecule has 0 saturated carbocycles. The lowest BCUT2D eigenvalue weighted by molar-refractivity contribution is -0.870. The SMILES string of the molecule is CCCCCCC/C=C\C/C=C\CCCCCCCCCCCCCCCC(=O)OC(COC(=O)CCCCCCCCCCCCCCCCCCC/C=C\CCCCCCCCCC)COC(OCC[N+](C)(C)C)C(=O)O. The van der Waals surface area contributed by atoms with Crippen molar-refractivity contribution in [2.45, 2.75) is 347 Å². The van der Waals surface area contributed by atoms with E-state index in [9.17, 15) is 19.5 Å². The number of carboxylic acids is 1. The van der Waals surface area contributed by atoms with Gasteiger partial charge in [0.2, 0.25) is 0 Å². The summed E-state index contributed by atoms with van der Waals surface area (Å²) in [6.07, 6.45) is 73.9. The molecule has 79 heavy (non-hydrogen) atoms. The Hall–Kier alpha value is -2.49. The molecule has 0 radical (unpaired) electrons. The summed E-state index contributed by atoms with van der Waals surface area (Å²) in [5.74, 6) is -1.98. The molecule has 1 N–H and O–H groups in total. The number of hydrogen-bond acceptors (Lipinski definition) is 7. The van der Waals surface area contributed by atoms with Crippen LogP contribution in [0.1, 0.15) is 335 Å². The Kier molecular flexibility index (Phi) is 59.6. The van der Waals surface area contributed by atoms with E-state index in [4.69, 9.17) is 18.9 Å². The number of nitrogens with zero attached hydrogens (tertiary/aromatic N) is 1. The topological polar surface area (TPSA) is 108 Å². The summed E-state index contributed by atoms with van der Waals surface area (Å²) < 4.78 is 23.0. The zero-order valence-corrected chi connectivity index (χ0v) is 53.1. The van der Waals surface area contributed by atoms with Crippen molar-refractivity contribution < 1.29 is 42.9 Å². The van der Waals surface area contributed by atoms with Crippen molar-refractivity contribution in [2.75, 3.05) is 47.5 Å². The predicted octanol–water partition coefficient (Wildman–Crippen LogP) is 20.8. The summed E-state index contributed by atoms with van der Waals surface area (Å²) in [6.45, 7) is 4.92. The van der Waals surface area contributed by atoms with E-state index in [1.54, 1.807) is 0 Å². The van der Waals surface area contributed by atoms with Gasteiger partial charge in [0, 0.05) is 12.8 Å². The predicted molar refractivity (Wildman–Crippen MR) is 337 cm³/mol. The Balaban J connectivity index is 4.10. The summed E-state index contributed by atoms with van der Waals surface area (Å²) in [6, 6.07) is 0. The maximum Gasteiger partial charge on any atom is 0.361 e. The van der Waals surface area contributed by atoms with Gasteiger partial charge in [0.25, 0.3) is 6.29 Å². The highest BCUT2D eigenvalue weighted by atomic mass is 16.7. The molecule has 0 bridgehead atoms. The van der Waals surface area contributed by atoms with Crippen LogP contribution in [0.3, 0.4) is 0 Å². The minimum atomic E-state index is -1.51. The average Bonchev–Trinajstić information content (AvgIpc) is 3.42. The van der Waals surface area contributed by atoms with E-state index < -0.39 is 18.4 Å². The molecule has 2 unspecified atom stereocenters. The van der Waals surface area contributed by atoms with Crippen LogP contribution in [0, 0.1) is 0 Å². The zero-order valence-electron chi connectivity index (χ0n) is 53.1. The van der Waals surface area contributed by atoms with Crippen molar-refractivity contribution in [2.24, 2.45) is 0 Å². The zero-order chi connectivity index (χ0) is 57.6. The van der Waals surface area contributed by atoms with Crippen LogP contribution in [-0.2, 0) is 33.3 Å². The number of allylic oxidation sites excluding steroid dienone is 6. The lowest BCUT2D eigenvalue weighted by atomic mass is 10.0. The van der Waals surface area contributed by atoms with E-state index in [1.165, 1.54) is 263 Å². The Bertz CT molecular complexity index is 1390. The van der Waals surface area contributed by atoms with E-state index in [0.29, 0.717) is 17.4 Å². The van der Waals surface area contributed by atoms with Crippen LogP contribution in [-0.4, -0.2) is 87.4 Å². The van der Waals surface area contributed by atoms with Crippen LogP contribution < -0.4 is 0 Å². The number of unbranched alkanes of at least 4 members (excludes halogenated alkanes) is 43. The van der Waals surface area contributed by atoms with Crippen molar-refractivity contribution in [1.29, 1.82) is 0 Å². The number of likely N-dealkylation sites (N-methyl/N-ethyl adjacent to an activating group) is 1. The maximum absolute atomic E-state index is 12.9. The number of carboxylic acid groups (broad SMARTS) is 1. The number of rotatable bonds is 64. The number of carbonyl (C=O) groups is 3. The summed E-state index contributed by atoms with van der Waals surface area (Å²) in [4.78, 5) is 37.6. The molecular weight excluding hydrogens is 983 g/mol. The van der Waals surface area contributed by atoms with Crippen molar-refractivity contribution in [3.63, 3.8) is 0 Å². The molecule has 0 aromatic carbocycles. The van der Waals surface area contributed by atoms with Crippen LogP contribution in [0.25, 0.3) is 0 Å². The first-order valence-electron chi connectivity index (χ1n) is 34.2. The first-order valence-corrected chi connectivity index (χ1v) is 34.2. The van der Waals surface area contributed by atoms with Crippen molar-refractivity contribution in [3.05, 3.63) is 36.5 Å². The molecule has 464 valence electrons. The van der Waals surface area contributed by atoms with Gasteiger partial charge in [-0.1, -0.05) is 288 Å². The minimum Gasteiger partial charge on any atom is -0.477 e. The highest BCUT2D eigenvalue weighted by Crippen LogP contribution is 2.18. The number of carbonyl (C=O) groups excluding carboxylic acids is 2. The fraction of sp³-hybridized carbons (Fsp3) is 0.871. The fourth-order valence-electron chi connectivity index (χ4n) is 10.1. The first kappa shape index (κ1) is 76.5. The molecule has 0 rings (SSSR count). The second kappa shape index (κ2) is 61.6. The molecule has 0 saturated heterocycles. The number of ether oxygens (including phenoxy) is 4. The molecule has 0 heterocycles. The van der Waals surface area contributed by atoms with Crippen LogP contribution >= 0.6 is 0 Å². The van der Waals surface area contributed by atoms with Crippen molar-refractivity contribution >= 4 is 17.9 Å². The molecular formula is C70H132NO8+. The number of esters is 2. The molecule has 0 fully saturated rings. The Morgan fingerprint density at radius 1 is 0.380 bits per heavy atom. The number of hydrogen-bond donors (Lipinski definition) is 1. The minimum absolute atomic E-state index is 0.178. The van der Waals surface area contributed by atoms with Crippen molar-refractivity contribution in [1.82, 2.24) is 0 Å². The number of quaternary nitrogens is 1. The average molecular weight is 1120 g/mol. The van der Waals surface area contributed by atoms with Crippen LogP contribution in [0.2, 0.25) is 0 Å². The van der Waals surface area contributed by atoms with E-state index in [-0.39, 0.29) is 38.2 Å². The maximum atomic E-state index is 12.9. The highest BCUT2D eigenvalue weighted by Gasteiger charge is 2.25. The quantitative estimate of drug-likeness (QED) is 0.0211. The molecule has 0 aromatic heterocycles. The molecule has 0 aromatic rings. The van der Waals surface area contributed by atoms with Gasteiger partial charge in [-0.2, -0.15) is 0 Å². The van der Waals surface area contributed by atoms with Crippen LogP contribution in [0.4, 0.5) is 0 Å². The van der Waals surface area contributed by atoms with E-state index in [1.807, 2.05) is 21.1 Å². The molecule has 9 heteroatoms. The van der Waals surface area contributed by atoms with Gasteiger partial charge in [-0.05, 0) is 70.6 Å². The van der Waals surface area contributed by atoms with Crippen LogP contribution in [0.15, 0.2) is 36.5 Å². The first-order chi connectivity index (χ1) is 38.6. The third-order valence-electron chi connectivity index (χ3n) is 15.4. The molecule has 2 atom stereocenters. The smallest absolute Gasteiger partial charge is 0.361 e. The second-order valence-corrected chi connectivity index (χ2v) is 24.5. The van der Waals surface area contributed by atoms with Gasteiger partial charge in [0.15, 0.2) is 6.10 Å². The Morgan fingerprint density at radius 2 is 0.684 bits per heavy atom. The largest absolute Gasteiger partial charge is 0.477 e. The van der Waals surface area contributed by atoms with Gasteiger partial charge in [0.05, 0.1) is 34.4 Å².